The lowest BCUT2D eigenvalue weighted by molar-refractivity contribution is 0.0931. The van der Waals surface area contributed by atoms with Crippen molar-refractivity contribution >= 4 is 0 Å². The van der Waals surface area contributed by atoms with Gasteiger partial charge in [-0.25, -0.2) is 4.68 Å². The monoisotopic (exact) mass is 282 g/mol. The maximum Gasteiger partial charge on any atom is 0.0965 e. The van der Waals surface area contributed by atoms with Gasteiger partial charge in [0.25, 0.3) is 0 Å². The van der Waals surface area contributed by atoms with Gasteiger partial charge in [0.1, 0.15) is 0 Å². The zero-order chi connectivity index (χ0) is 15.0. The first-order valence-electron chi connectivity index (χ1n) is 7.62. The molecule has 0 radical (unpaired) electrons. The van der Waals surface area contributed by atoms with Gasteiger partial charge in [0.15, 0.2) is 0 Å². The van der Waals surface area contributed by atoms with E-state index < -0.39 is 0 Å². The number of nitrogens with one attached hydrogen (secondary N) is 1. The molecule has 0 aliphatic carbocycles. The Hall–Kier alpha value is -0.940. The molecule has 0 aliphatic heterocycles. The smallest absolute Gasteiger partial charge is 0.0965 e. The lowest BCUT2D eigenvalue weighted by Crippen LogP contribution is -2.35. The van der Waals surface area contributed by atoms with Gasteiger partial charge in [-0.15, -0.1) is 5.10 Å². The van der Waals surface area contributed by atoms with E-state index in [2.05, 4.69) is 50.2 Å². The van der Waals surface area contributed by atoms with Gasteiger partial charge in [-0.05, 0) is 33.1 Å². The zero-order valence-electron chi connectivity index (χ0n) is 13.6. The molecule has 1 aromatic rings. The third-order valence-corrected chi connectivity index (χ3v) is 3.03. The van der Waals surface area contributed by atoms with Crippen LogP contribution in [0.3, 0.4) is 0 Å². The van der Waals surface area contributed by atoms with E-state index in [4.69, 9.17) is 4.74 Å². The van der Waals surface area contributed by atoms with E-state index in [1.54, 1.807) is 0 Å². The van der Waals surface area contributed by atoms with Crippen LogP contribution in [-0.2, 0) is 17.8 Å². The van der Waals surface area contributed by atoms with Crippen LogP contribution < -0.4 is 5.32 Å². The van der Waals surface area contributed by atoms with Crippen LogP contribution in [0.5, 0.6) is 0 Å². The highest BCUT2D eigenvalue weighted by molar-refractivity contribution is 4.92. The first-order valence-corrected chi connectivity index (χ1v) is 7.62. The highest BCUT2D eigenvalue weighted by Gasteiger charge is 2.10. The molecule has 0 amide bonds. The topological polar surface area (TPSA) is 52.0 Å². The molecule has 0 aromatic carbocycles. The predicted molar refractivity (Wildman–Crippen MR) is 81.5 cm³/mol. The number of hydrogen-bond donors (Lipinski definition) is 1. The highest BCUT2D eigenvalue weighted by atomic mass is 16.5. The van der Waals surface area contributed by atoms with Crippen molar-refractivity contribution in [2.75, 3.05) is 13.2 Å². The molecule has 0 fully saturated rings. The largest absolute Gasteiger partial charge is 0.379 e. The molecule has 116 valence electrons. The summed E-state index contributed by atoms with van der Waals surface area (Å²) < 4.78 is 7.52. The minimum absolute atomic E-state index is 0.0995. The minimum atomic E-state index is 0.0995. The summed E-state index contributed by atoms with van der Waals surface area (Å²) in [6.07, 6.45) is 4.43. The number of hydrogen-bond acceptors (Lipinski definition) is 4. The summed E-state index contributed by atoms with van der Waals surface area (Å²) in [6, 6.07) is 0. The minimum Gasteiger partial charge on any atom is -0.379 e. The summed E-state index contributed by atoms with van der Waals surface area (Å²) in [4.78, 5) is 0. The summed E-state index contributed by atoms with van der Waals surface area (Å²) in [7, 11) is 0. The number of aromatic nitrogens is 3. The Labute approximate surface area is 123 Å². The van der Waals surface area contributed by atoms with Crippen molar-refractivity contribution in [3.8, 4) is 0 Å². The van der Waals surface area contributed by atoms with Crippen LogP contribution in [0.2, 0.25) is 0 Å². The summed E-state index contributed by atoms with van der Waals surface area (Å²) in [5, 5.41) is 11.7. The summed E-state index contributed by atoms with van der Waals surface area (Å²) >= 11 is 0. The highest BCUT2D eigenvalue weighted by Crippen LogP contribution is 2.05. The normalized spacial score (nSPS) is 13.7. The van der Waals surface area contributed by atoms with E-state index in [0.29, 0.717) is 12.5 Å². The first kappa shape index (κ1) is 17.1. The van der Waals surface area contributed by atoms with Gasteiger partial charge in [0.05, 0.1) is 18.8 Å². The van der Waals surface area contributed by atoms with Gasteiger partial charge in [0, 0.05) is 24.9 Å². The molecule has 1 rings (SSSR count). The molecule has 1 atom stereocenters. The van der Waals surface area contributed by atoms with Crippen molar-refractivity contribution in [2.24, 2.45) is 5.92 Å². The molecule has 1 aromatic heterocycles. The molecule has 1 unspecified atom stereocenters. The second-order valence-electron chi connectivity index (χ2n) is 6.55. The Morgan fingerprint density at radius 3 is 2.80 bits per heavy atom. The van der Waals surface area contributed by atoms with Crippen molar-refractivity contribution in [3.05, 3.63) is 11.9 Å². The van der Waals surface area contributed by atoms with Crippen molar-refractivity contribution in [3.63, 3.8) is 0 Å². The quantitative estimate of drug-likeness (QED) is 0.707. The van der Waals surface area contributed by atoms with Gasteiger partial charge in [-0.1, -0.05) is 25.5 Å². The van der Waals surface area contributed by atoms with Crippen LogP contribution in [0, 0.1) is 5.92 Å². The molecule has 1 heterocycles. The van der Waals surface area contributed by atoms with E-state index in [1.807, 2.05) is 10.9 Å². The summed E-state index contributed by atoms with van der Waals surface area (Å²) in [5.41, 5.74) is 1.07. The lowest BCUT2D eigenvalue weighted by Gasteiger charge is -2.19. The van der Waals surface area contributed by atoms with Crippen molar-refractivity contribution < 1.29 is 4.74 Å². The molecule has 0 bridgehead atoms. The van der Waals surface area contributed by atoms with E-state index in [9.17, 15) is 0 Å². The molecule has 5 nitrogen and oxygen atoms in total. The van der Waals surface area contributed by atoms with Crippen LogP contribution in [0.15, 0.2) is 6.20 Å². The second-order valence-corrected chi connectivity index (χ2v) is 6.55. The fourth-order valence-corrected chi connectivity index (χ4v) is 1.90. The molecular weight excluding hydrogens is 252 g/mol. The Bertz CT molecular complexity index is 370. The number of ether oxygens (including phenoxy) is 1. The Morgan fingerprint density at radius 2 is 2.15 bits per heavy atom. The molecular formula is C15H30N4O. The fourth-order valence-electron chi connectivity index (χ4n) is 1.90. The number of rotatable bonds is 9. The van der Waals surface area contributed by atoms with Crippen molar-refractivity contribution in [2.45, 2.75) is 66.1 Å². The van der Waals surface area contributed by atoms with Gasteiger partial charge in [-0.3, -0.25) is 0 Å². The predicted octanol–water partition coefficient (Wildman–Crippen LogP) is 2.62. The number of nitrogens with zero attached hydrogens (tertiary/aromatic N) is 3. The van der Waals surface area contributed by atoms with Crippen molar-refractivity contribution in [1.29, 1.82) is 0 Å². The molecule has 20 heavy (non-hydrogen) atoms. The van der Waals surface area contributed by atoms with Crippen molar-refractivity contribution in [1.82, 2.24) is 20.3 Å². The molecule has 1 N–H and O–H groups in total. The van der Waals surface area contributed by atoms with Crippen LogP contribution in [-0.4, -0.2) is 33.7 Å². The maximum absolute atomic E-state index is 5.67. The molecule has 0 saturated carbocycles. The van der Waals surface area contributed by atoms with Gasteiger partial charge in [0.2, 0.25) is 0 Å². The standard InChI is InChI=1S/C15H30N4O/c1-6-7-13(2)12-20-9-8-19-11-14(17-18-19)10-16-15(3,4)5/h11,13,16H,6-10,12H2,1-5H3. The Kier molecular flexibility index (Phi) is 7.16. The van der Waals surface area contributed by atoms with Crippen LogP contribution in [0.4, 0.5) is 0 Å². The second kappa shape index (κ2) is 8.37. The molecule has 5 heteroatoms. The van der Waals surface area contributed by atoms with Crippen LogP contribution in [0.1, 0.15) is 53.2 Å². The maximum atomic E-state index is 5.67. The molecule has 0 saturated heterocycles. The van der Waals surface area contributed by atoms with E-state index in [1.165, 1.54) is 12.8 Å². The van der Waals surface area contributed by atoms with E-state index in [0.717, 1.165) is 25.4 Å². The van der Waals surface area contributed by atoms with E-state index >= 15 is 0 Å². The van der Waals surface area contributed by atoms with Crippen LogP contribution in [0.25, 0.3) is 0 Å². The van der Waals surface area contributed by atoms with E-state index in [-0.39, 0.29) is 5.54 Å². The van der Waals surface area contributed by atoms with Gasteiger partial charge < -0.3 is 10.1 Å². The summed E-state index contributed by atoms with van der Waals surface area (Å²) in [5.74, 6) is 0.641. The zero-order valence-corrected chi connectivity index (χ0v) is 13.6. The average molecular weight is 282 g/mol. The lowest BCUT2D eigenvalue weighted by atomic mass is 10.1. The van der Waals surface area contributed by atoms with Gasteiger partial charge in [-0.2, -0.15) is 0 Å². The third kappa shape index (κ3) is 7.60. The Morgan fingerprint density at radius 1 is 1.40 bits per heavy atom. The van der Waals surface area contributed by atoms with Crippen LogP contribution >= 0.6 is 0 Å². The first-order chi connectivity index (χ1) is 9.40. The third-order valence-electron chi connectivity index (χ3n) is 3.03. The Balaban J connectivity index is 2.20. The fraction of sp³-hybridized carbons (Fsp3) is 0.867. The summed E-state index contributed by atoms with van der Waals surface area (Å²) in [6.45, 7) is 13.9. The molecule has 0 aliphatic rings. The molecule has 0 spiro atoms. The average Bonchev–Trinajstić information content (AvgIpc) is 2.80. The van der Waals surface area contributed by atoms with Gasteiger partial charge >= 0.3 is 0 Å². The SMILES string of the molecule is CCCC(C)COCCn1cc(CNC(C)(C)C)nn1.